The third-order valence-electron chi connectivity index (χ3n) is 5.01. The van der Waals surface area contributed by atoms with E-state index in [0.717, 1.165) is 5.56 Å². The van der Waals surface area contributed by atoms with Crippen LogP contribution in [-0.2, 0) is 16.1 Å². The fourth-order valence-electron chi connectivity index (χ4n) is 3.34. The first-order valence-corrected chi connectivity index (χ1v) is 12.6. The quantitative estimate of drug-likeness (QED) is 0.110. The van der Waals surface area contributed by atoms with E-state index in [2.05, 4.69) is 20.9 Å². The second-order valence-corrected chi connectivity index (χ2v) is 9.64. The van der Waals surface area contributed by atoms with E-state index in [0.29, 0.717) is 38.2 Å². The van der Waals surface area contributed by atoms with Crippen molar-refractivity contribution in [3.05, 3.63) is 101 Å². The van der Waals surface area contributed by atoms with E-state index in [-0.39, 0.29) is 34.5 Å². The van der Waals surface area contributed by atoms with Crippen molar-refractivity contribution in [1.29, 1.82) is 0 Å². The Morgan fingerprint density at radius 3 is 2.51 bits per heavy atom. The normalized spacial score (nSPS) is 13.9. The number of nitro benzene ring substituents is 1. The lowest BCUT2D eigenvalue weighted by atomic mass is 10.1. The molecule has 1 heterocycles. The lowest BCUT2D eigenvalue weighted by Gasteiger charge is -2.15. The number of nitrogens with zero attached hydrogens (tertiary/aromatic N) is 2. The van der Waals surface area contributed by atoms with Gasteiger partial charge in [-0.1, -0.05) is 40.9 Å². The van der Waals surface area contributed by atoms with Gasteiger partial charge in [-0.3, -0.25) is 10.1 Å². The van der Waals surface area contributed by atoms with Crippen LogP contribution in [0.4, 0.5) is 5.69 Å². The van der Waals surface area contributed by atoms with E-state index >= 15 is 0 Å². The molecule has 0 fully saturated rings. The van der Waals surface area contributed by atoms with Crippen LogP contribution in [0.2, 0.25) is 15.1 Å². The van der Waals surface area contributed by atoms with E-state index in [1.165, 1.54) is 24.3 Å². The van der Waals surface area contributed by atoms with Gasteiger partial charge in [-0.25, -0.2) is 9.79 Å². The Hall–Kier alpha value is -3.11. The molecule has 3 aromatic carbocycles. The number of halogens is 4. The lowest BCUT2D eigenvalue weighted by Crippen LogP contribution is -2.06. The molecule has 3 aromatic rings. The summed E-state index contributed by atoms with van der Waals surface area (Å²) < 4.78 is 17.6. The second kappa shape index (κ2) is 11.5. The van der Waals surface area contributed by atoms with Crippen molar-refractivity contribution in [3.8, 4) is 11.5 Å². The van der Waals surface area contributed by atoms with Gasteiger partial charge in [0.2, 0.25) is 5.90 Å². The summed E-state index contributed by atoms with van der Waals surface area (Å²) in [6.07, 6.45) is 1.51. The van der Waals surface area contributed by atoms with E-state index in [4.69, 9.17) is 49.0 Å². The van der Waals surface area contributed by atoms with Gasteiger partial charge in [-0.05, 0) is 76.5 Å². The monoisotopic (exact) mass is 624 g/mol. The third kappa shape index (κ3) is 6.24. The predicted molar refractivity (Wildman–Crippen MR) is 145 cm³/mol. The minimum absolute atomic E-state index is 0.00595. The predicted octanol–water partition coefficient (Wildman–Crippen LogP) is 7.64. The minimum Gasteiger partial charge on any atom is -0.490 e. The standard InChI is InChI=1S/C25H16BrCl3N2O6/c1-2-35-22-10-14(7-16(26)23(22)36-12-13-3-5-17(27)19(29)8-13)9-20-25(32)37-24(30-20)15-4-6-18(28)21(11-15)31(33)34/h3-11H,2,12H2,1H3/b20-9-. The van der Waals surface area contributed by atoms with Gasteiger partial charge in [0.05, 0.1) is 26.0 Å². The minimum atomic E-state index is -0.707. The number of nitro groups is 1. The number of ether oxygens (including phenoxy) is 3. The van der Waals surface area contributed by atoms with Gasteiger partial charge in [-0.2, -0.15) is 0 Å². The van der Waals surface area contributed by atoms with Crippen molar-refractivity contribution in [3.63, 3.8) is 0 Å². The average Bonchev–Trinajstić information content (AvgIpc) is 3.21. The molecular formula is C25H16BrCl3N2O6. The Labute approximate surface area is 234 Å². The number of hydrogen-bond donors (Lipinski definition) is 0. The number of carbonyl (C=O) groups is 1. The summed E-state index contributed by atoms with van der Waals surface area (Å²) >= 11 is 21.4. The molecule has 0 radical (unpaired) electrons. The van der Waals surface area contributed by atoms with Gasteiger partial charge in [0.25, 0.3) is 5.69 Å². The van der Waals surface area contributed by atoms with Crippen molar-refractivity contribution in [2.24, 2.45) is 4.99 Å². The van der Waals surface area contributed by atoms with Crippen LogP contribution in [0.1, 0.15) is 23.6 Å². The Balaban J connectivity index is 1.62. The first-order chi connectivity index (χ1) is 17.7. The molecule has 12 heteroatoms. The zero-order valence-electron chi connectivity index (χ0n) is 19.0. The number of cyclic esters (lactones) is 1. The SMILES string of the molecule is CCOc1cc(/C=C2\N=C(c3ccc(Cl)c([N+](=O)[O-])c3)OC2=O)cc(Br)c1OCc1ccc(Cl)c(Cl)c1. The third-order valence-corrected chi connectivity index (χ3v) is 6.66. The topological polar surface area (TPSA) is 100 Å². The second-order valence-electron chi connectivity index (χ2n) is 7.56. The maximum absolute atomic E-state index is 12.5. The molecule has 0 aromatic heterocycles. The molecule has 0 bridgehead atoms. The Kier molecular flexibility index (Phi) is 8.39. The van der Waals surface area contributed by atoms with Crippen LogP contribution in [0.5, 0.6) is 11.5 Å². The van der Waals surface area contributed by atoms with Crippen LogP contribution in [0.3, 0.4) is 0 Å². The van der Waals surface area contributed by atoms with Gasteiger partial charge in [0.15, 0.2) is 17.2 Å². The lowest BCUT2D eigenvalue weighted by molar-refractivity contribution is -0.384. The van der Waals surface area contributed by atoms with Crippen LogP contribution < -0.4 is 9.47 Å². The van der Waals surface area contributed by atoms with Crippen LogP contribution in [0, 0.1) is 10.1 Å². The smallest absolute Gasteiger partial charge is 0.363 e. The summed E-state index contributed by atoms with van der Waals surface area (Å²) in [6.45, 7) is 2.41. The van der Waals surface area contributed by atoms with Crippen LogP contribution >= 0.6 is 50.7 Å². The first kappa shape index (κ1) is 26.9. The Morgan fingerprint density at radius 1 is 1.05 bits per heavy atom. The maximum Gasteiger partial charge on any atom is 0.363 e. The van der Waals surface area contributed by atoms with E-state index in [1.807, 2.05) is 6.92 Å². The molecule has 1 aliphatic rings. The fraction of sp³-hybridized carbons (Fsp3) is 0.120. The Morgan fingerprint density at radius 2 is 1.81 bits per heavy atom. The van der Waals surface area contributed by atoms with Crippen molar-refractivity contribution in [2.45, 2.75) is 13.5 Å². The van der Waals surface area contributed by atoms with Gasteiger partial charge < -0.3 is 14.2 Å². The summed E-state index contributed by atoms with van der Waals surface area (Å²) in [5.74, 6) is 0.123. The molecule has 4 rings (SSSR count). The summed E-state index contributed by atoms with van der Waals surface area (Å²) in [7, 11) is 0. The van der Waals surface area contributed by atoms with Gasteiger partial charge in [0, 0.05) is 11.6 Å². The number of hydrogen-bond acceptors (Lipinski definition) is 7. The zero-order valence-corrected chi connectivity index (χ0v) is 22.8. The molecule has 0 saturated carbocycles. The van der Waals surface area contributed by atoms with E-state index < -0.39 is 10.9 Å². The molecule has 0 unspecified atom stereocenters. The number of aliphatic imine (C=N–C) groups is 1. The van der Waals surface area contributed by atoms with Crippen molar-refractivity contribution < 1.29 is 23.9 Å². The van der Waals surface area contributed by atoms with Gasteiger partial charge >= 0.3 is 5.97 Å². The molecule has 0 saturated heterocycles. The highest BCUT2D eigenvalue weighted by atomic mass is 79.9. The highest BCUT2D eigenvalue weighted by molar-refractivity contribution is 9.10. The molecule has 0 amide bonds. The highest BCUT2D eigenvalue weighted by Crippen LogP contribution is 2.39. The molecule has 8 nitrogen and oxygen atoms in total. The van der Waals surface area contributed by atoms with Crippen LogP contribution in [-0.4, -0.2) is 23.4 Å². The van der Waals surface area contributed by atoms with Crippen LogP contribution in [0.15, 0.2) is 63.7 Å². The molecular weight excluding hydrogens is 611 g/mol. The molecule has 190 valence electrons. The highest BCUT2D eigenvalue weighted by Gasteiger charge is 2.26. The van der Waals surface area contributed by atoms with E-state index in [1.54, 1.807) is 30.3 Å². The maximum atomic E-state index is 12.5. The number of benzene rings is 3. The number of rotatable bonds is 8. The Bertz CT molecular complexity index is 1480. The fourth-order valence-corrected chi connectivity index (χ4v) is 4.42. The first-order valence-electron chi connectivity index (χ1n) is 10.7. The molecule has 1 aliphatic heterocycles. The molecule has 0 spiro atoms. The molecule has 37 heavy (non-hydrogen) atoms. The van der Waals surface area contributed by atoms with Gasteiger partial charge in [-0.15, -0.1) is 0 Å². The van der Waals surface area contributed by atoms with Crippen molar-refractivity contribution in [2.75, 3.05) is 6.61 Å². The van der Waals surface area contributed by atoms with Gasteiger partial charge in [0.1, 0.15) is 11.6 Å². The number of esters is 1. The molecule has 0 N–H and O–H groups in total. The van der Waals surface area contributed by atoms with Crippen molar-refractivity contribution >= 4 is 74.4 Å². The summed E-state index contributed by atoms with van der Waals surface area (Å²) in [4.78, 5) is 27.2. The molecule has 0 aliphatic carbocycles. The molecule has 0 atom stereocenters. The van der Waals surface area contributed by atoms with E-state index in [9.17, 15) is 14.9 Å². The number of carbonyl (C=O) groups excluding carboxylic acids is 1. The average molecular weight is 627 g/mol. The largest absolute Gasteiger partial charge is 0.490 e. The summed E-state index contributed by atoms with van der Waals surface area (Å²) in [6, 6.07) is 12.6. The van der Waals surface area contributed by atoms with Crippen molar-refractivity contribution in [1.82, 2.24) is 0 Å². The summed E-state index contributed by atoms with van der Waals surface area (Å²) in [5, 5.41) is 12.0. The van der Waals surface area contributed by atoms with Crippen LogP contribution in [0.25, 0.3) is 6.08 Å². The zero-order chi connectivity index (χ0) is 26.7. The summed E-state index contributed by atoms with van der Waals surface area (Å²) in [5.41, 5.74) is 1.32.